The minimum Gasteiger partial charge on any atom is -0.323 e. The summed E-state index contributed by atoms with van der Waals surface area (Å²) < 4.78 is 16.6. The summed E-state index contributed by atoms with van der Waals surface area (Å²) >= 11 is 4.75. The average Bonchev–Trinajstić information content (AvgIpc) is 2.83. The quantitative estimate of drug-likeness (QED) is 0.686. The summed E-state index contributed by atoms with van der Waals surface area (Å²) in [4.78, 5) is 18.4. The molecule has 3 nitrogen and oxygen atoms in total. The van der Waals surface area contributed by atoms with E-state index in [0.29, 0.717) is 15.2 Å². The van der Waals surface area contributed by atoms with Gasteiger partial charge in [-0.1, -0.05) is 50.5 Å². The third-order valence-corrected chi connectivity index (χ3v) is 5.32. The second-order valence-corrected chi connectivity index (χ2v) is 9.14. The zero-order valence-electron chi connectivity index (χ0n) is 14.6. The molecule has 0 radical (unpaired) electrons. The van der Waals surface area contributed by atoms with Crippen molar-refractivity contribution < 1.29 is 9.18 Å². The van der Waals surface area contributed by atoms with Gasteiger partial charge in [-0.25, -0.2) is 4.39 Å². The van der Waals surface area contributed by atoms with Gasteiger partial charge in [0.2, 0.25) is 0 Å². The van der Waals surface area contributed by atoms with Crippen molar-refractivity contribution in [3.05, 3.63) is 49.9 Å². The summed E-state index contributed by atoms with van der Waals surface area (Å²) in [5.74, 6) is -0.701. The van der Waals surface area contributed by atoms with E-state index in [1.165, 1.54) is 23.5 Å². The van der Waals surface area contributed by atoms with Crippen LogP contribution in [0.1, 0.15) is 49.9 Å². The molecule has 0 aliphatic rings. The molecule has 1 amide bonds. The van der Waals surface area contributed by atoms with E-state index in [1.807, 2.05) is 10.8 Å². The molecule has 1 heterocycles. The number of hydrogen-bond donors (Lipinski definition) is 0. The molecule has 0 saturated carbocycles. The molecule has 0 atom stereocenters. The molecule has 0 bridgehead atoms. The van der Waals surface area contributed by atoms with Gasteiger partial charge in [0.15, 0.2) is 4.80 Å². The van der Waals surface area contributed by atoms with Crippen LogP contribution in [0.2, 0.25) is 0 Å². The Labute approximate surface area is 154 Å². The average molecular weight is 413 g/mol. The molecule has 1 aromatic carbocycles. The Kier molecular flexibility index (Phi) is 5.81. The van der Waals surface area contributed by atoms with Gasteiger partial charge in [0, 0.05) is 22.1 Å². The Morgan fingerprint density at radius 2 is 2.04 bits per heavy atom. The Balaban J connectivity index is 2.52. The van der Waals surface area contributed by atoms with E-state index < -0.39 is 11.7 Å². The van der Waals surface area contributed by atoms with Gasteiger partial charge in [-0.15, -0.1) is 11.3 Å². The number of amides is 1. The maximum Gasteiger partial charge on any atom is 0.282 e. The highest BCUT2D eigenvalue weighted by atomic mass is 79.9. The minimum absolute atomic E-state index is 0.0221. The highest BCUT2D eigenvalue weighted by Gasteiger charge is 2.19. The van der Waals surface area contributed by atoms with Crippen LogP contribution in [0.3, 0.4) is 0 Å². The highest BCUT2D eigenvalue weighted by Crippen LogP contribution is 2.25. The molecule has 0 spiro atoms. The van der Waals surface area contributed by atoms with Crippen LogP contribution in [-0.4, -0.2) is 10.5 Å². The van der Waals surface area contributed by atoms with Crippen LogP contribution < -0.4 is 4.80 Å². The lowest BCUT2D eigenvalue weighted by Gasteiger charge is -2.14. The molecule has 2 rings (SSSR count). The Morgan fingerprint density at radius 1 is 1.38 bits per heavy atom. The van der Waals surface area contributed by atoms with Crippen LogP contribution in [0, 0.1) is 11.7 Å². The Hall–Kier alpha value is -1.27. The SMILES string of the molecule is CC(C)Cn1cc(C(C)(C)C)s/c1=N\C(=O)c1cc(Br)ccc1F. The number of carbonyl (C=O) groups excluding carboxylic acids is 1. The third-order valence-electron chi connectivity index (χ3n) is 3.38. The number of hydrogen-bond acceptors (Lipinski definition) is 2. The molecule has 2 aromatic rings. The van der Waals surface area contributed by atoms with Crippen LogP contribution >= 0.6 is 27.3 Å². The van der Waals surface area contributed by atoms with E-state index in [0.717, 1.165) is 11.4 Å². The number of nitrogens with zero attached hydrogens (tertiary/aromatic N) is 2. The predicted molar refractivity (Wildman–Crippen MR) is 99.8 cm³/mol. The number of halogens is 2. The van der Waals surface area contributed by atoms with Crippen LogP contribution in [-0.2, 0) is 12.0 Å². The van der Waals surface area contributed by atoms with Gasteiger partial charge >= 0.3 is 0 Å². The lowest BCUT2D eigenvalue weighted by atomic mass is 9.95. The minimum atomic E-state index is -0.561. The molecule has 130 valence electrons. The number of rotatable bonds is 3. The summed E-state index contributed by atoms with van der Waals surface area (Å²) in [6.07, 6.45) is 2.05. The molecule has 6 heteroatoms. The van der Waals surface area contributed by atoms with Gasteiger partial charge in [-0.3, -0.25) is 4.79 Å². The molecule has 1 aromatic heterocycles. The van der Waals surface area contributed by atoms with Crippen molar-refractivity contribution in [3.8, 4) is 0 Å². The molecule has 0 aliphatic heterocycles. The van der Waals surface area contributed by atoms with E-state index in [4.69, 9.17) is 0 Å². The third kappa shape index (κ3) is 4.63. The molecule has 0 aliphatic carbocycles. The van der Waals surface area contributed by atoms with Crippen molar-refractivity contribution in [2.24, 2.45) is 10.9 Å². The van der Waals surface area contributed by atoms with Gasteiger partial charge in [0.25, 0.3) is 5.91 Å². The van der Waals surface area contributed by atoms with E-state index in [1.54, 1.807) is 6.07 Å². The first-order chi connectivity index (χ1) is 11.1. The summed E-state index contributed by atoms with van der Waals surface area (Å²) in [5, 5.41) is 0. The van der Waals surface area contributed by atoms with Gasteiger partial charge in [-0.2, -0.15) is 4.99 Å². The van der Waals surface area contributed by atoms with Crippen molar-refractivity contribution in [1.82, 2.24) is 4.57 Å². The predicted octanol–water partition coefficient (Wildman–Crippen LogP) is 5.15. The molecular weight excluding hydrogens is 391 g/mol. The fourth-order valence-corrected chi connectivity index (χ4v) is 3.56. The molecule has 0 saturated heterocycles. The second kappa shape index (κ2) is 7.31. The van der Waals surface area contributed by atoms with Gasteiger partial charge in [-0.05, 0) is 29.5 Å². The summed E-state index contributed by atoms with van der Waals surface area (Å²) in [6.45, 7) is 11.4. The zero-order valence-corrected chi connectivity index (χ0v) is 17.0. The fourth-order valence-electron chi connectivity index (χ4n) is 2.15. The van der Waals surface area contributed by atoms with Gasteiger partial charge in [0.1, 0.15) is 5.82 Å². The number of thiazole rings is 1. The summed E-state index contributed by atoms with van der Waals surface area (Å²) in [6, 6.07) is 4.30. The Bertz CT molecular complexity index is 815. The first-order valence-corrected chi connectivity index (χ1v) is 9.43. The maximum absolute atomic E-state index is 13.9. The number of benzene rings is 1. The van der Waals surface area contributed by atoms with Crippen LogP contribution in [0.4, 0.5) is 4.39 Å². The molecule has 0 fully saturated rings. The lowest BCUT2D eigenvalue weighted by Crippen LogP contribution is -2.19. The smallest absolute Gasteiger partial charge is 0.282 e. The topological polar surface area (TPSA) is 34.4 Å². The lowest BCUT2D eigenvalue weighted by molar-refractivity contribution is 0.0993. The second-order valence-electron chi connectivity index (χ2n) is 7.22. The van der Waals surface area contributed by atoms with Gasteiger partial charge in [0.05, 0.1) is 5.56 Å². The number of aromatic nitrogens is 1. The Morgan fingerprint density at radius 3 is 2.62 bits per heavy atom. The summed E-state index contributed by atoms with van der Waals surface area (Å²) in [5.41, 5.74) is -0.0486. The highest BCUT2D eigenvalue weighted by molar-refractivity contribution is 9.10. The molecular formula is C18H22BrFN2OS. The molecule has 0 unspecified atom stereocenters. The first kappa shape index (κ1) is 19.1. The van der Waals surface area contributed by atoms with E-state index in [9.17, 15) is 9.18 Å². The zero-order chi connectivity index (χ0) is 18.1. The van der Waals surface area contributed by atoms with E-state index in [2.05, 4.69) is 55.5 Å². The monoisotopic (exact) mass is 412 g/mol. The fraction of sp³-hybridized carbons (Fsp3) is 0.444. The maximum atomic E-state index is 13.9. The van der Waals surface area contributed by atoms with Crippen LogP contribution in [0.25, 0.3) is 0 Å². The van der Waals surface area contributed by atoms with Crippen molar-refractivity contribution in [1.29, 1.82) is 0 Å². The van der Waals surface area contributed by atoms with E-state index in [-0.39, 0.29) is 11.0 Å². The van der Waals surface area contributed by atoms with Crippen LogP contribution in [0.15, 0.2) is 33.9 Å². The van der Waals surface area contributed by atoms with Crippen molar-refractivity contribution in [2.45, 2.75) is 46.6 Å². The standard InChI is InChI=1S/C18H22BrFN2OS/c1-11(2)9-22-10-15(18(3,4)5)24-17(22)21-16(23)13-8-12(19)6-7-14(13)20/h6-8,10-11H,9H2,1-5H3/b21-17-. The van der Waals surface area contributed by atoms with Crippen molar-refractivity contribution >= 4 is 33.2 Å². The van der Waals surface area contributed by atoms with E-state index >= 15 is 0 Å². The summed E-state index contributed by atoms with van der Waals surface area (Å²) in [7, 11) is 0. The molecule has 0 N–H and O–H groups in total. The van der Waals surface area contributed by atoms with Gasteiger partial charge < -0.3 is 4.57 Å². The van der Waals surface area contributed by atoms with Crippen molar-refractivity contribution in [3.63, 3.8) is 0 Å². The molecule has 24 heavy (non-hydrogen) atoms. The number of carbonyl (C=O) groups is 1. The normalized spacial score (nSPS) is 12.9. The van der Waals surface area contributed by atoms with Crippen LogP contribution in [0.5, 0.6) is 0 Å². The largest absolute Gasteiger partial charge is 0.323 e. The first-order valence-electron chi connectivity index (χ1n) is 7.83. The van der Waals surface area contributed by atoms with Crippen molar-refractivity contribution in [2.75, 3.05) is 0 Å².